The molecule has 0 amide bonds. The maximum atomic E-state index is 6.49. The van der Waals surface area contributed by atoms with E-state index in [1.807, 2.05) is 12.3 Å². The maximum absolute atomic E-state index is 6.49. The quantitative estimate of drug-likeness (QED) is 0.249. The molecule has 152 valence electrons. The van der Waals surface area contributed by atoms with Gasteiger partial charge in [0, 0.05) is 0 Å². The van der Waals surface area contributed by atoms with E-state index in [9.17, 15) is 0 Å². The third kappa shape index (κ3) is 4.03. The van der Waals surface area contributed by atoms with Crippen molar-refractivity contribution in [1.29, 1.82) is 0 Å². The van der Waals surface area contributed by atoms with Gasteiger partial charge in [0.15, 0.2) is 0 Å². The number of nitrogen functional groups attached to an aromatic ring is 1. The van der Waals surface area contributed by atoms with Crippen molar-refractivity contribution < 1.29 is 0 Å². The molecule has 1 heterocycles. The number of imidazole rings is 1. The number of hydrogen-bond donors (Lipinski definition) is 2. The molecule has 1 aromatic heterocycles. The molecule has 3 rings (SSSR count). The van der Waals surface area contributed by atoms with Crippen LogP contribution in [0.3, 0.4) is 0 Å². The number of hydrogen-bond acceptors (Lipinski definition) is 3. The topological polar surface area (TPSA) is 74.3 Å². The molecule has 0 spiro atoms. The van der Waals surface area contributed by atoms with Gasteiger partial charge in [-0.25, -0.2) is 0 Å². The molecule has 0 atom stereocenters. The number of nitrogens with zero attached hydrogens (tertiary/aromatic N) is 3. The summed E-state index contributed by atoms with van der Waals surface area (Å²) in [7, 11) is 0. The Morgan fingerprint density at radius 2 is 1.18 bits per heavy atom. The number of anilines is 1. The molecule has 0 aliphatic heterocycles. The van der Waals surface area contributed by atoms with E-state index in [-0.39, 0.29) is 0 Å². The van der Waals surface area contributed by atoms with Crippen molar-refractivity contribution in [3.8, 4) is 11.4 Å². The van der Waals surface area contributed by atoms with Gasteiger partial charge >= 0.3 is 173 Å². The average molecular weight is 493 g/mol. The van der Waals surface area contributed by atoms with Gasteiger partial charge < -0.3 is 0 Å². The van der Waals surface area contributed by atoms with Gasteiger partial charge in [-0.15, -0.1) is 0 Å². The van der Waals surface area contributed by atoms with Crippen molar-refractivity contribution in [1.82, 2.24) is 9.13 Å². The van der Waals surface area contributed by atoms with Crippen molar-refractivity contribution >= 4 is 24.7 Å². The zero-order valence-electron chi connectivity index (χ0n) is 17.9. The molecule has 0 saturated carbocycles. The summed E-state index contributed by atoms with van der Waals surface area (Å²) in [4.78, 5) is 4.18. The monoisotopic (exact) mass is 493 g/mol. The summed E-state index contributed by atoms with van der Waals surface area (Å²) in [6.45, 7) is 10.6. The van der Waals surface area contributed by atoms with E-state index >= 15 is 0 Å². The molecule has 0 radical (unpaired) electrons. The molecule has 0 aliphatic rings. The third-order valence-electron chi connectivity index (χ3n) is 4.70. The molecule has 4 N–H and O–H groups in total. The van der Waals surface area contributed by atoms with E-state index in [4.69, 9.17) is 12.9 Å². The second-order valence-corrected chi connectivity index (χ2v) is 16.3. The van der Waals surface area contributed by atoms with E-state index in [1.54, 1.807) is 0 Å². The van der Waals surface area contributed by atoms with E-state index < -0.39 is 19.0 Å². The Morgan fingerprint density at radius 1 is 0.750 bits per heavy atom. The first-order valence-electron chi connectivity index (χ1n) is 9.30. The molecular formula is C22H32IN5. The number of rotatable bonds is 3. The van der Waals surface area contributed by atoms with Crippen LogP contribution in [-0.4, -0.2) is 19.0 Å². The molecule has 3 aromatic rings. The minimum atomic E-state index is -2.80. The van der Waals surface area contributed by atoms with Crippen LogP contribution in [0.2, 0.25) is 0 Å². The van der Waals surface area contributed by atoms with Crippen molar-refractivity contribution in [2.24, 2.45) is 7.15 Å². The Labute approximate surface area is 172 Å². The summed E-state index contributed by atoms with van der Waals surface area (Å²) in [5.74, 6) is 0. The molecule has 2 aromatic carbocycles. The third-order valence-corrected chi connectivity index (χ3v) is 6.51. The van der Waals surface area contributed by atoms with Crippen molar-refractivity contribution in [2.45, 2.75) is 34.6 Å². The molecule has 0 bridgehead atoms. The van der Waals surface area contributed by atoms with Crippen LogP contribution in [0.5, 0.6) is 0 Å². The molecule has 6 heteroatoms. The van der Waals surface area contributed by atoms with Crippen LogP contribution < -0.4 is 15.3 Å². The fourth-order valence-electron chi connectivity index (χ4n) is 3.90. The van der Waals surface area contributed by atoms with Crippen LogP contribution in [0.15, 0.2) is 39.9 Å². The molecule has 0 aliphatic carbocycles. The van der Waals surface area contributed by atoms with Gasteiger partial charge in [-0.05, 0) is 0 Å². The summed E-state index contributed by atoms with van der Waals surface area (Å²) in [6.07, 6.45) is 4.11. The fraction of sp³-hybridized carbons (Fsp3) is 0.318. The normalized spacial score (nSPS) is 13.2. The summed E-state index contributed by atoms with van der Waals surface area (Å²) in [6, 6.07) is 8.57. The minimum absolute atomic E-state index is 0.747. The number of aromatic nitrogens is 2. The first kappa shape index (κ1) is 20.7. The van der Waals surface area contributed by atoms with Crippen molar-refractivity contribution in [3.05, 3.63) is 70.1 Å². The van der Waals surface area contributed by atoms with Crippen LogP contribution in [-0.2, 0) is 0 Å². The predicted molar refractivity (Wildman–Crippen MR) is 130 cm³/mol. The summed E-state index contributed by atoms with van der Waals surface area (Å²) >= 11 is -2.80. The van der Waals surface area contributed by atoms with Gasteiger partial charge in [-0.1, -0.05) is 0 Å². The summed E-state index contributed by atoms with van der Waals surface area (Å²) in [5.41, 5.74) is 16.1. The zero-order chi connectivity index (χ0) is 20.8. The van der Waals surface area contributed by atoms with E-state index in [1.165, 1.54) is 16.7 Å². The van der Waals surface area contributed by atoms with Gasteiger partial charge in [-0.2, -0.15) is 0 Å². The van der Waals surface area contributed by atoms with Gasteiger partial charge in [0.05, 0.1) is 0 Å². The number of aryl methyl sites for hydroxylation is 5. The summed E-state index contributed by atoms with van der Waals surface area (Å²) < 4.78 is 15.8. The predicted octanol–water partition coefficient (Wildman–Crippen LogP) is 4.12. The number of halogens is 1. The number of nitrogens with two attached hydrogens (primary N) is 2. The van der Waals surface area contributed by atoms with Crippen LogP contribution in [0, 0.1) is 34.6 Å². The summed E-state index contributed by atoms with van der Waals surface area (Å²) in [5, 5.41) is 0. The molecule has 0 unspecified atom stereocenters. The van der Waals surface area contributed by atoms with Crippen molar-refractivity contribution in [3.63, 3.8) is 0 Å². The van der Waals surface area contributed by atoms with E-state index in [0.29, 0.717) is 0 Å². The Balaban J connectivity index is 2.41. The Morgan fingerprint density at radius 3 is 1.64 bits per heavy atom. The first-order valence-corrected chi connectivity index (χ1v) is 16.3. The zero-order valence-corrected chi connectivity index (χ0v) is 20.2. The van der Waals surface area contributed by atoms with Gasteiger partial charge in [0.25, 0.3) is 0 Å². The van der Waals surface area contributed by atoms with Gasteiger partial charge in [0.2, 0.25) is 0 Å². The van der Waals surface area contributed by atoms with E-state index in [0.717, 1.165) is 33.8 Å². The van der Waals surface area contributed by atoms with Crippen LogP contribution in [0.4, 0.5) is 5.69 Å². The second kappa shape index (κ2) is 7.40. The molecular weight excluding hydrogens is 461 g/mol. The van der Waals surface area contributed by atoms with Crippen LogP contribution in [0.25, 0.3) is 11.4 Å². The molecule has 0 saturated heterocycles. The number of benzene rings is 2. The Bertz CT molecular complexity index is 989. The molecule has 28 heavy (non-hydrogen) atoms. The average Bonchev–Trinajstić information content (AvgIpc) is 2.87. The van der Waals surface area contributed by atoms with Crippen molar-refractivity contribution in [2.75, 3.05) is 15.6 Å². The first-order chi connectivity index (χ1) is 13.0. The van der Waals surface area contributed by atoms with E-state index in [2.05, 4.69) is 78.0 Å². The Hall–Kier alpha value is -2.06. The Kier molecular flexibility index (Phi) is 5.46. The SMILES string of the molecule is Cc1cc(C)c(-n2ccn(-c3c(C)cc(C)cc3N)c2=N[IH](C)(C)N)c(C)c1. The molecule has 0 fully saturated rings. The standard InChI is InChI=1S/C22H32IN5/c1-14-10-16(3)20(17(4)11-14)27-8-9-28(22(27)26-23(6,7)25)21-18(5)12-15(2)13-19(21)24/h8-13,23H,24-25H2,1-7H3. The second-order valence-electron chi connectivity index (χ2n) is 8.05. The molecule has 5 nitrogen and oxygen atoms in total. The van der Waals surface area contributed by atoms with Crippen LogP contribution in [0.1, 0.15) is 27.8 Å². The number of alkyl halides is 2. The fourth-order valence-corrected chi connectivity index (χ4v) is 5.61. The van der Waals surface area contributed by atoms with Gasteiger partial charge in [0.1, 0.15) is 0 Å². The van der Waals surface area contributed by atoms with Crippen LogP contribution >= 0.6 is 19.0 Å². The van der Waals surface area contributed by atoms with Gasteiger partial charge in [-0.3, -0.25) is 0 Å².